The number of unbranched alkanes of at least 4 members (excludes halogenated alkanes) is 3. The summed E-state index contributed by atoms with van der Waals surface area (Å²) in [4.78, 5) is 24.4. The number of hydrogen-bond donors (Lipinski definition) is 1. The first-order chi connectivity index (χ1) is 14.5. The highest BCUT2D eigenvalue weighted by Crippen LogP contribution is 2.55. The number of carboxylic acids is 1. The first-order valence-corrected chi connectivity index (χ1v) is 12.9. The maximum Gasteiger partial charge on any atom is 0.309 e. The Morgan fingerprint density at radius 2 is 1.61 bits per heavy atom. The number of esters is 1. The molecule has 2 rings (SSSR count). The molecular formula is C27H48O4. The number of ether oxygens (including phenoxy) is 1. The van der Waals surface area contributed by atoms with Gasteiger partial charge in [0, 0.05) is 0 Å². The molecule has 5 atom stereocenters. The van der Waals surface area contributed by atoms with Crippen molar-refractivity contribution in [2.75, 3.05) is 6.61 Å². The van der Waals surface area contributed by atoms with E-state index in [-0.39, 0.29) is 16.8 Å². The third kappa shape index (κ3) is 6.71. The fraction of sp³-hybridized carbons (Fsp3) is 0.926. The quantitative estimate of drug-likeness (QED) is 0.309. The maximum atomic E-state index is 12.8. The molecule has 0 radical (unpaired) electrons. The highest BCUT2D eigenvalue weighted by molar-refractivity contribution is 5.81. The molecule has 1 N–H and O–H groups in total. The summed E-state index contributed by atoms with van der Waals surface area (Å²) < 4.78 is 5.85. The Kier molecular flexibility index (Phi) is 9.45. The predicted octanol–water partition coefficient (Wildman–Crippen LogP) is 7.11. The zero-order valence-corrected chi connectivity index (χ0v) is 21.0. The van der Waals surface area contributed by atoms with Crippen molar-refractivity contribution in [1.82, 2.24) is 0 Å². The van der Waals surface area contributed by atoms with Gasteiger partial charge in [0.2, 0.25) is 0 Å². The Morgan fingerprint density at radius 1 is 0.968 bits per heavy atom. The topological polar surface area (TPSA) is 63.6 Å². The highest BCUT2D eigenvalue weighted by Gasteiger charge is 2.48. The summed E-state index contributed by atoms with van der Waals surface area (Å²) in [6, 6.07) is 0. The van der Waals surface area contributed by atoms with Crippen LogP contribution < -0.4 is 0 Å². The van der Waals surface area contributed by atoms with Crippen LogP contribution in [0.2, 0.25) is 0 Å². The molecular weight excluding hydrogens is 388 g/mol. The number of aliphatic carboxylic acids is 1. The minimum Gasteiger partial charge on any atom is -0.481 e. The lowest BCUT2D eigenvalue weighted by atomic mass is 9.52. The van der Waals surface area contributed by atoms with Gasteiger partial charge in [-0.2, -0.15) is 0 Å². The molecule has 2 saturated carbocycles. The molecule has 0 saturated heterocycles. The molecule has 2 aliphatic carbocycles. The van der Waals surface area contributed by atoms with Crippen LogP contribution >= 0.6 is 0 Å². The summed E-state index contributed by atoms with van der Waals surface area (Å²) in [7, 11) is 0. The van der Waals surface area contributed by atoms with E-state index in [9.17, 15) is 14.7 Å². The van der Waals surface area contributed by atoms with E-state index >= 15 is 0 Å². The lowest BCUT2D eigenvalue weighted by molar-refractivity contribution is -0.163. The molecule has 2 fully saturated rings. The van der Waals surface area contributed by atoms with E-state index in [2.05, 4.69) is 41.5 Å². The van der Waals surface area contributed by atoms with E-state index < -0.39 is 17.8 Å². The van der Waals surface area contributed by atoms with Crippen LogP contribution in [0, 0.1) is 40.4 Å². The van der Waals surface area contributed by atoms with Crippen molar-refractivity contribution in [2.45, 2.75) is 112 Å². The normalized spacial score (nSPS) is 31.2. The first-order valence-electron chi connectivity index (χ1n) is 12.9. The van der Waals surface area contributed by atoms with Gasteiger partial charge < -0.3 is 9.84 Å². The van der Waals surface area contributed by atoms with Gasteiger partial charge in [-0.05, 0) is 60.7 Å². The van der Waals surface area contributed by atoms with E-state index in [4.69, 9.17) is 4.74 Å². The van der Waals surface area contributed by atoms with Crippen LogP contribution in [0.15, 0.2) is 0 Å². The van der Waals surface area contributed by atoms with Crippen LogP contribution in [0.25, 0.3) is 0 Å². The number of hydrogen-bond acceptors (Lipinski definition) is 3. The average molecular weight is 437 g/mol. The molecule has 5 unspecified atom stereocenters. The van der Waals surface area contributed by atoms with Crippen molar-refractivity contribution in [3.8, 4) is 0 Å². The number of carboxylic acid groups (broad SMARTS) is 1. The Bertz CT molecular complexity index is 589. The van der Waals surface area contributed by atoms with Gasteiger partial charge in [-0.3, -0.25) is 9.59 Å². The largest absolute Gasteiger partial charge is 0.481 e. The average Bonchev–Trinajstić information content (AvgIpc) is 2.69. The zero-order valence-electron chi connectivity index (χ0n) is 21.0. The Morgan fingerprint density at radius 3 is 2.19 bits per heavy atom. The van der Waals surface area contributed by atoms with Crippen molar-refractivity contribution < 1.29 is 19.4 Å². The lowest BCUT2D eigenvalue weighted by Crippen LogP contribution is -2.47. The SMILES string of the molecule is CCCCCCC1C(C(C)(C)C)CCC(COC(=O)C2CCCCC2C(=O)O)C1(C)C. The Labute approximate surface area is 190 Å². The monoisotopic (exact) mass is 436 g/mol. The van der Waals surface area contributed by atoms with Gasteiger partial charge in [-0.15, -0.1) is 0 Å². The van der Waals surface area contributed by atoms with E-state index in [1.165, 1.54) is 38.5 Å². The van der Waals surface area contributed by atoms with Crippen molar-refractivity contribution in [2.24, 2.45) is 40.4 Å². The molecule has 4 nitrogen and oxygen atoms in total. The maximum absolute atomic E-state index is 12.8. The van der Waals surface area contributed by atoms with Gasteiger partial charge in [0.15, 0.2) is 0 Å². The van der Waals surface area contributed by atoms with Gasteiger partial charge in [0.25, 0.3) is 0 Å². The standard InChI is InChI=1S/C27H48O4/c1-7-8-9-10-15-23-22(26(2,3)4)17-16-19(27(23,5)6)18-31-25(30)21-14-12-11-13-20(21)24(28)29/h19-23H,7-18H2,1-6H3,(H,28,29). The van der Waals surface area contributed by atoms with Gasteiger partial charge >= 0.3 is 11.9 Å². The van der Waals surface area contributed by atoms with Crippen molar-refractivity contribution >= 4 is 11.9 Å². The predicted molar refractivity (Wildman–Crippen MR) is 126 cm³/mol. The zero-order chi connectivity index (χ0) is 23.2. The van der Waals surface area contributed by atoms with Crippen LogP contribution in [0.4, 0.5) is 0 Å². The Balaban J connectivity index is 2.05. The van der Waals surface area contributed by atoms with Gasteiger partial charge in [0.05, 0.1) is 18.4 Å². The Hall–Kier alpha value is -1.06. The minimum atomic E-state index is -0.847. The molecule has 180 valence electrons. The van der Waals surface area contributed by atoms with Gasteiger partial charge in [-0.25, -0.2) is 0 Å². The molecule has 0 aromatic heterocycles. The second kappa shape index (κ2) is 11.2. The summed E-state index contributed by atoms with van der Waals surface area (Å²) in [6.07, 6.45) is 11.7. The van der Waals surface area contributed by atoms with Crippen molar-refractivity contribution in [3.63, 3.8) is 0 Å². The fourth-order valence-corrected chi connectivity index (χ4v) is 6.47. The molecule has 4 heteroatoms. The number of carbonyl (C=O) groups excluding carboxylic acids is 1. The van der Waals surface area contributed by atoms with E-state index in [1.807, 2.05) is 0 Å². The van der Waals surface area contributed by atoms with Gasteiger partial charge in [-0.1, -0.05) is 80.1 Å². The molecule has 0 heterocycles. The number of rotatable bonds is 9. The lowest BCUT2D eigenvalue weighted by Gasteiger charge is -2.53. The van der Waals surface area contributed by atoms with Crippen LogP contribution in [-0.2, 0) is 14.3 Å². The molecule has 31 heavy (non-hydrogen) atoms. The minimum absolute atomic E-state index is 0.113. The third-order valence-electron chi connectivity index (χ3n) is 8.61. The number of carbonyl (C=O) groups is 2. The smallest absolute Gasteiger partial charge is 0.309 e. The summed E-state index contributed by atoms with van der Waals surface area (Å²) in [6.45, 7) is 14.6. The van der Waals surface area contributed by atoms with Crippen LogP contribution in [0.3, 0.4) is 0 Å². The van der Waals surface area contributed by atoms with Crippen LogP contribution in [0.5, 0.6) is 0 Å². The molecule has 0 aromatic carbocycles. The fourth-order valence-electron chi connectivity index (χ4n) is 6.47. The first kappa shape index (κ1) is 26.2. The summed E-state index contributed by atoms with van der Waals surface area (Å²) in [5.74, 6) is -0.505. The third-order valence-corrected chi connectivity index (χ3v) is 8.61. The molecule has 0 spiro atoms. The summed E-state index contributed by atoms with van der Waals surface area (Å²) in [5.41, 5.74) is 0.395. The van der Waals surface area contributed by atoms with Crippen molar-refractivity contribution in [1.29, 1.82) is 0 Å². The molecule has 2 aliphatic rings. The summed E-state index contributed by atoms with van der Waals surface area (Å²) in [5, 5.41) is 9.51. The summed E-state index contributed by atoms with van der Waals surface area (Å²) >= 11 is 0. The second-order valence-corrected chi connectivity index (χ2v) is 12.0. The van der Waals surface area contributed by atoms with Crippen LogP contribution in [0.1, 0.15) is 112 Å². The molecule has 0 aromatic rings. The van der Waals surface area contributed by atoms with E-state index in [0.717, 1.165) is 19.3 Å². The molecule has 0 aliphatic heterocycles. The second-order valence-electron chi connectivity index (χ2n) is 12.0. The van der Waals surface area contributed by atoms with Crippen LogP contribution in [-0.4, -0.2) is 23.7 Å². The molecule has 0 amide bonds. The van der Waals surface area contributed by atoms with Crippen molar-refractivity contribution in [3.05, 3.63) is 0 Å². The van der Waals surface area contributed by atoms with E-state index in [1.54, 1.807) is 0 Å². The highest BCUT2D eigenvalue weighted by atomic mass is 16.5. The van der Waals surface area contributed by atoms with E-state index in [0.29, 0.717) is 37.2 Å². The van der Waals surface area contributed by atoms with Gasteiger partial charge in [0.1, 0.15) is 0 Å². The molecule has 0 bridgehead atoms.